The first-order valence-electron chi connectivity index (χ1n) is 9.17. The van der Waals surface area contributed by atoms with E-state index in [1.54, 1.807) is 66.7 Å². The highest BCUT2D eigenvalue weighted by molar-refractivity contribution is 6.36. The molecule has 148 valence electrons. The molecule has 0 aliphatic heterocycles. The van der Waals surface area contributed by atoms with Gasteiger partial charge in [0.25, 0.3) is 11.8 Å². The number of carbonyl (C=O) groups excluding carboxylic acids is 2. The molecule has 0 unspecified atom stereocenters. The molecule has 2 amide bonds. The molecule has 6 heteroatoms. The van der Waals surface area contributed by atoms with Gasteiger partial charge >= 0.3 is 0 Å². The maximum atomic E-state index is 12.9. The number of hydrogen-bond donors (Lipinski definition) is 2. The molecule has 4 aromatic rings. The number of fused-ring (bicyclic) bond motifs is 1. The first-order chi connectivity index (χ1) is 14.5. The quantitative estimate of drug-likeness (QED) is 0.377. The summed E-state index contributed by atoms with van der Waals surface area (Å²) in [6, 6.07) is 24.6. The van der Waals surface area contributed by atoms with Gasteiger partial charge in [0.1, 0.15) is 0 Å². The van der Waals surface area contributed by atoms with E-state index < -0.39 is 0 Å². The lowest BCUT2D eigenvalue weighted by Gasteiger charge is -2.11. The Morgan fingerprint density at radius 1 is 0.567 bits per heavy atom. The van der Waals surface area contributed by atoms with Crippen molar-refractivity contribution in [2.75, 3.05) is 10.6 Å². The van der Waals surface area contributed by atoms with Crippen molar-refractivity contribution in [1.29, 1.82) is 0 Å². The van der Waals surface area contributed by atoms with Crippen molar-refractivity contribution >= 4 is 57.2 Å². The summed E-state index contributed by atoms with van der Waals surface area (Å²) in [5.41, 5.74) is 1.98. The number of anilines is 2. The highest BCUT2D eigenvalue weighted by Crippen LogP contribution is 2.27. The molecule has 0 heterocycles. The van der Waals surface area contributed by atoms with Crippen LogP contribution in [0.15, 0.2) is 84.9 Å². The fraction of sp³-hybridized carbons (Fsp3) is 0. The molecule has 0 radical (unpaired) electrons. The third-order valence-electron chi connectivity index (χ3n) is 4.61. The second kappa shape index (κ2) is 8.57. The Labute approximate surface area is 183 Å². The summed E-state index contributed by atoms with van der Waals surface area (Å²) in [5, 5.41) is 8.21. The summed E-state index contributed by atoms with van der Waals surface area (Å²) in [7, 11) is 0. The molecule has 0 bridgehead atoms. The predicted molar refractivity (Wildman–Crippen MR) is 123 cm³/mol. The number of amides is 2. The maximum absolute atomic E-state index is 12.9. The van der Waals surface area contributed by atoms with Crippen LogP contribution in [0.3, 0.4) is 0 Å². The van der Waals surface area contributed by atoms with Crippen molar-refractivity contribution in [3.05, 3.63) is 106 Å². The molecular weight excluding hydrogens is 419 g/mol. The summed E-state index contributed by atoms with van der Waals surface area (Å²) < 4.78 is 0. The summed E-state index contributed by atoms with van der Waals surface area (Å²) in [6.07, 6.45) is 0. The monoisotopic (exact) mass is 434 g/mol. The maximum Gasteiger partial charge on any atom is 0.257 e. The van der Waals surface area contributed by atoms with Crippen LogP contribution in [0.25, 0.3) is 10.8 Å². The molecule has 0 spiro atoms. The van der Waals surface area contributed by atoms with Crippen molar-refractivity contribution in [3.63, 3.8) is 0 Å². The van der Waals surface area contributed by atoms with E-state index in [4.69, 9.17) is 23.2 Å². The Morgan fingerprint density at radius 3 is 1.83 bits per heavy atom. The third-order valence-corrected chi connectivity index (χ3v) is 5.27. The fourth-order valence-electron chi connectivity index (χ4n) is 3.19. The van der Waals surface area contributed by atoms with E-state index in [-0.39, 0.29) is 11.8 Å². The normalized spacial score (nSPS) is 10.6. The Kier molecular flexibility index (Phi) is 5.70. The van der Waals surface area contributed by atoms with Gasteiger partial charge in [-0.25, -0.2) is 0 Å². The van der Waals surface area contributed by atoms with Crippen LogP contribution in [0.5, 0.6) is 0 Å². The number of rotatable bonds is 4. The molecule has 0 atom stereocenters. The predicted octanol–water partition coefficient (Wildman–Crippen LogP) is 6.65. The van der Waals surface area contributed by atoms with Crippen LogP contribution in [0.1, 0.15) is 20.7 Å². The van der Waals surface area contributed by atoms with Gasteiger partial charge in [-0.15, -0.1) is 0 Å². The smallest absolute Gasteiger partial charge is 0.257 e. The van der Waals surface area contributed by atoms with E-state index in [1.807, 2.05) is 18.2 Å². The molecule has 0 saturated carbocycles. The largest absolute Gasteiger partial charge is 0.322 e. The van der Waals surface area contributed by atoms with Crippen LogP contribution < -0.4 is 10.6 Å². The average molecular weight is 435 g/mol. The minimum atomic E-state index is -0.326. The molecular formula is C24H16Cl2N2O2. The Hall–Kier alpha value is -3.34. The zero-order valence-corrected chi connectivity index (χ0v) is 17.2. The summed E-state index contributed by atoms with van der Waals surface area (Å²) in [6.45, 7) is 0. The van der Waals surface area contributed by atoms with Gasteiger partial charge in [-0.2, -0.15) is 0 Å². The minimum absolute atomic E-state index is 0.266. The van der Waals surface area contributed by atoms with Gasteiger partial charge in [-0.1, -0.05) is 65.7 Å². The summed E-state index contributed by atoms with van der Waals surface area (Å²) in [5.74, 6) is -0.592. The van der Waals surface area contributed by atoms with Crippen LogP contribution in [0.4, 0.5) is 11.4 Å². The molecule has 0 aliphatic rings. The minimum Gasteiger partial charge on any atom is -0.322 e. The molecule has 0 saturated heterocycles. The van der Waals surface area contributed by atoms with E-state index in [2.05, 4.69) is 10.6 Å². The fourth-order valence-corrected chi connectivity index (χ4v) is 3.65. The van der Waals surface area contributed by atoms with Crippen molar-refractivity contribution in [2.24, 2.45) is 0 Å². The van der Waals surface area contributed by atoms with E-state index in [0.717, 1.165) is 10.8 Å². The first-order valence-corrected chi connectivity index (χ1v) is 9.93. The van der Waals surface area contributed by atoms with E-state index in [9.17, 15) is 9.59 Å². The van der Waals surface area contributed by atoms with Gasteiger partial charge in [0.15, 0.2) is 0 Å². The van der Waals surface area contributed by atoms with E-state index in [0.29, 0.717) is 32.5 Å². The summed E-state index contributed by atoms with van der Waals surface area (Å²) >= 11 is 12.3. The highest BCUT2D eigenvalue weighted by Gasteiger charge is 2.13. The number of carbonyl (C=O) groups is 2. The molecule has 0 fully saturated rings. The average Bonchev–Trinajstić information content (AvgIpc) is 2.74. The second-order valence-corrected chi connectivity index (χ2v) is 7.42. The zero-order valence-electron chi connectivity index (χ0n) is 15.7. The first kappa shape index (κ1) is 20.0. The number of nitrogens with one attached hydrogen (secondary N) is 2. The van der Waals surface area contributed by atoms with Crippen LogP contribution in [0.2, 0.25) is 10.0 Å². The third kappa shape index (κ3) is 4.15. The SMILES string of the molecule is O=C(Nc1cccc(NC(=O)c2cccc3c(Cl)cccc23)c1)c1ccccc1Cl. The van der Waals surface area contributed by atoms with Gasteiger partial charge in [0.2, 0.25) is 0 Å². The zero-order chi connectivity index (χ0) is 21.1. The van der Waals surface area contributed by atoms with Crippen molar-refractivity contribution in [1.82, 2.24) is 0 Å². The van der Waals surface area contributed by atoms with Crippen LogP contribution in [-0.2, 0) is 0 Å². The van der Waals surface area contributed by atoms with Crippen molar-refractivity contribution in [3.8, 4) is 0 Å². The van der Waals surface area contributed by atoms with Gasteiger partial charge in [-0.05, 0) is 47.9 Å². The lowest BCUT2D eigenvalue weighted by molar-refractivity contribution is 0.102. The van der Waals surface area contributed by atoms with Crippen LogP contribution in [-0.4, -0.2) is 11.8 Å². The van der Waals surface area contributed by atoms with Gasteiger partial charge < -0.3 is 10.6 Å². The lowest BCUT2D eigenvalue weighted by Crippen LogP contribution is -2.14. The van der Waals surface area contributed by atoms with E-state index >= 15 is 0 Å². The number of hydrogen-bond acceptors (Lipinski definition) is 2. The lowest BCUT2D eigenvalue weighted by atomic mass is 10.0. The molecule has 2 N–H and O–H groups in total. The van der Waals surface area contributed by atoms with Gasteiger partial charge in [0, 0.05) is 27.3 Å². The Bertz CT molecular complexity index is 1270. The Morgan fingerprint density at radius 2 is 1.10 bits per heavy atom. The standard InChI is InChI=1S/C24H16Cl2N2O2/c25-21-13-5-9-17-18(21)10-4-11-19(17)23(29)27-15-6-3-7-16(14-15)28-24(30)20-8-1-2-12-22(20)26/h1-14H,(H,27,29)(H,28,30). The van der Waals surface area contributed by atoms with Crippen LogP contribution >= 0.6 is 23.2 Å². The topological polar surface area (TPSA) is 58.2 Å². The Balaban J connectivity index is 1.55. The molecule has 0 aliphatic carbocycles. The summed E-state index contributed by atoms with van der Waals surface area (Å²) in [4.78, 5) is 25.4. The highest BCUT2D eigenvalue weighted by atomic mass is 35.5. The van der Waals surface area contributed by atoms with Crippen molar-refractivity contribution < 1.29 is 9.59 Å². The van der Waals surface area contributed by atoms with Crippen LogP contribution in [0, 0.1) is 0 Å². The number of benzene rings is 4. The molecule has 30 heavy (non-hydrogen) atoms. The molecule has 0 aromatic heterocycles. The van der Waals surface area contributed by atoms with Gasteiger partial charge in [-0.3, -0.25) is 9.59 Å². The molecule has 4 rings (SSSR count). The van der Waals surface area contributed by atoms with Crippen molar-refractivity contribution in [2.45, 2.75) is 0 Å². The second-order valence-electron chi connectivity index (χ2n) is 6.61. The number of halogens is 2. The molecule has 4 aromatic carbocycles. The molecule has 4 nitrogen and oxygen atoms in total. The van der Waals surface area contributed by atoms with E-state index in [1.165, 1.54) is 0 Å². The van der Waals surface area contributed by atoms with Gasteiger partial charge in [0.05, 0.1) is 10.6 Å².